The number of carbonyl (C=O) groups is 2. The van der Waals surface area contributed by atoms with Gasteiger partial charge in [0.2, 0.25) is 0 Å². The summed E-state index contributed by atoms with van der Waals surface area (Å²) in [6.45, 7) is 4.06. The molecule has 2 atom stereocenters. The summed E-state index contributed by atoms with van der Waals surface area (Å²) in [5, 5.41) is 21.7. The molecular weight excluding hydrogens is 370 g/mol. The number of benzene rings is 2. The summed E-state index contributed by atoms with van der Waals surface area (Å²) >= 11 is 0. The molecule has 0 bridgehead atoms. The zero-order chi connectivity index (χ0) is 21.0. The topological polar surface area (TPSA) is 95.9 Å². The number of carboxylic acids is 1. The number of aliphatic hydroxyl groups is 1. The van der Waals surface area contributed by atoms with Crippen LogP contribution >= 0.6 is 0 Å². The highest BCUT2D eigenvalue weighted by atomic mass is 16.5. The SMILES string of the molecule is CC(C)CC(NC(=O)OCC1c2ccccc2-c2ccccc21)[C@@H](O)CC(=O)O. The molecule has 0 fully saturated rings. The standard InChI is InChI=1S/C23H27NO5/c1-14(2)11-20(21(25)12-22(26)27)24-23(28)29-13-19-17-9-5-3-7-15(17)16-8-4-6-10-18(16)19/h3-10,14,19-21,25H,11-13H2,1-2H3,(H,24,28)(H,26,27)/t20?,21-/m0/s1. The van der Waals surface area contributed by atoms with Gasteiger partial charge in [0.15, 0.2) is 0 Å². The Morgan fingerprint density at radius 2 is 1.59 bits per heavy atom. The number of alkyl carbamates (subject to hydrolysis) is 1. The van der Waals surface area contributed by atoms with Crippen molar-refractivity contribution in [2.24, 2.45) is 5.92 Å². The van der Waals surface area contributed by atoms with Crippen LogP contribution < -0.4 is 5.32 Å². The van der Waals surface area contributed by atoms with Crippen LogP contribution in [0.2, 0.25) is 0 Å². The first-order valence-electron chi connectivity index (χ1n) is 9.88. The summed E-state index contributed by atoms with van der Waals surface area (Å²) in [6.07, 6.45) is -1.79. The van der Waals surface area contributed by atoms with E-state index in [1.54, 1.807) is 0 Å². The minimum atomic E-state index is -1.17. The number of hydrogen-bond acceptors (Lipinski definition) is 4. The molecule has 1 amide bonds. The van der Waals surface area contributed by atoms with E-state index >= 15 is 0 Å². The van der Waals surface area contributed by atoms with Crippen molar-refractivity contribution in [3.63, 3.8) is 0 Å². The molecule has 3 N–H and O–H groups in total. The third kappa shape index (κ3) is 4.95. The number of nitrogens with one attached hydrogen (secondary N) is 1. The second kappa shape index (κ2) is 9.09. The first kappa shape index (κ1) is 20.9. The third-order valence-corrected chi connectivity index (χ3v) is 5.22. The maximum Gasteiger partial charge on any atom is 0.407 e. The Balaban J connectivity index is 1.67. The molecule has 1 unspecified atom stereocenters. The molecule has 2 aromatic rings. The number of carboxylic acid groups (broad SMARTS) is 1. The molecule has 1 aliphatic rings. The van der Waals surface area contributed by atoms with E-state index in [-0.39, 0.29) is 18.4 Å². The molecule has 0 spiro atoms. The monoisotopic (exact) mass is 397 g/mol. The largest absolute Gasteiger partial charge is 0.481 e. The molecule has 29 heavy (non-hydrogen) atoms. The Bertz CT molecular complexity index is 834. The third-order valence-electron chi connectivity index (χ3n) is 5.22. The van der Waals surface area contributed by atoms with E-state index in [9.17, 15) is 14.7 Å². The molecule has 0 saturated carbocycles. The highest BCUT2D eigenvalue weighted by Gasteiger charge is 2.30. The lowest BCUT2D eigenvalue weighted by Crippen LogP contribution is -2.45. The number of hydrogen-bond donors (Lipinski definition) is 3. The predicted molar refractivity (Wildman–Crippen MR) is 110 cm³/mol. The van der Waals surface area contributed by atoms with Crippen molar-refractivity contribution in [1.82, 2.24) is 5.32 Å². The normalized spacial score (nSPS) is 14.8. The van der Waals surface area contributed by atoms with Crippen LogP contribution in [0.25, 0.3) is 11.1 Å². The Morgan fingerprint density at radius 1 is 1.03 bits per heavy atom. The zero-order valence-corrected chi connectivity index (χ0v) is 16.7. The summed E-state index contributed by atoms with van der Waals surface area (Å²) in [6, 6.07) is 15.5. The molecule has 0 radical (unpaired) electrons. The number of carbonyl (C=O) groups excluding carboxylic acids is 1. The number of aliphatic hydroxyl groups excluding tert-OH is 1. The van der Waals surface area contributed by atoms with Crippen LogP contribution in [0.3, 0.4) is 0 Å². The number of rotatable bonds is 8. The van der Waals surface area contributed by atoms with Crippen molar-refractivity contribution in [3.05, 3.63) is 59.7 Å². The van der Waals surface area contributed by atoms with Crippen LogP contribution in [-0.4, -0.2) is 41.0 Å². The molecule has 0 aromatic heterocycles. The van der Waals surface area contributed by atoms with Gasteiger partial charge in [0.25, 0.3) is 0 Å². The molecule has 2 aromatic carbocycles. The molecule has 6 nitrogen and oxygen atoms in total. The maximum absolute atomic E-state index is 12.4. The van der Waals surface area contributed by atoms with E-state index < -0.39 is 30.6 Å². The van der Waals surface area contributed by atoms with Crippen LogP contribution in [0.1, 0.15) is 43.7 Å². The average Bonchev–Trinajstić information content (AvgIpc) is 2.99. The van der Waals surface area contributed by atoms with Gasteiger partial charge in [-0.25, -0.2) is 4.79 Å². The summed E-state index contributed by atoms with van der Waals surface area (Å²) in [5.74, 6) is -0.987. The fourth-order valence-electron chi connectivity index (χ4n) is 3.93. The molecule has 154 valence electrons. The van der Waals surface area contributed by atoms with Gasteiger partial charge in [-0.15, -0.1) is 0 Å². The molecule has 0 aliphatic heterocycles. The van der Waals surface area contributed by atoms with Gasteiger partial charge in [-0.1, -0.05) is 62.4 Å². The van der Waals surface area contributed by atoms with Crippen LogP contribution in [0, 0.1) is 5.92 Å². The quantitative estimate of drug-likeness (QED) is 0.630. The number of ether oxygens (including phenoxy) is 1. The first-order valence-corrected chi connectivity index (χ1v) is 9.88. The second-order valence-corrected chi connectivity index (χ2v) is 7.87. The Labute approximate surface area is 170 Å². The highest BCUT2D eigenvalue weighted by molar-refractivity contribution is 5.79. The van der Waals surface area contributed by atoms with Crippen LogP contribution in [0.15, 0.2) is 48.5 Å². The minimum absolute atomic E-state index is 0.0550. The van der Waals surface area contributed by atoms with Gasteiger partial charge < -0.3 is 20.3 Å². The average molecular weight is 397 g/mol. The van der Waals surface area contributed by atoms with Crippen molar-refractivity contribution in [2.45, 2.75) is 44.8 Å². The summed E-state index contributed by atoms with van der Waals surface area (Å²) in [5.41, 5.74) is 4.52. The number of aliphatic carboxylic acids is 1. The number of amides is 1. The van der Waals surface area contributed by atoms with E-state index in [4.69, 9.17) is 9.84 Å². The molecule has 0 saturated heterocycles. The lowest BCUT2D eigenvalue weighted by Gasteiger charge is -2.25. The van der Waals surface area contributed by atoms with Crippen molar-refractivity contribution in [1.29, 1.82) is 0 Å². The Kier molecular flexibility index (Phi) is 6.54. The Hall–Kier alpha value is -2.86. The smallest absolute Gasteiger partial charge is 0.407 e. The van der Waals surface area contributed by atoms with Gasteiger partial charge in [0.05, 0.1) is 18.6 Å². The van der Waals surface area contributed by atoms with E-state index in [2.05, 4.69) is 17.4 Å². The van der Waals surface area contributed by atoms with Crippen molar-refractivity contribution in [2.75, 3.05) is 6.61 Å². The van der Waals surface area contributed by atoms with Crippen molar-refractivity contribution < 1.29 is 24.5 Å². The second-order valence-electron chi connectivity index (χ2n) is 7.87. The molecule has 3 rings (SSSR count). The van der Waals surface area contributed by atoms with E-state index in [1.807, 2.05) is 50.2 Å². The van der Waals surface area contributed by atoms with Gasteiger partial charge in [-0.3, -0.25) is 4.79 Å². The van der Waals surface area contributed by atoms with E-state index in [0.29, 0.717) is 6.42 Å². The molecule has 6 heteroatoms. The number of fused-ring (bicyclic) bond motifs is 3. The highest BCUT2D eigenvalue weighted by Crippen LogP contribution is 2.44. The van der Waals surface area contributed by atoms with E-state index in [0.717, 1.165) is 22.3 Å². The lowest BCUT2D eigenvalue weighted by molar-refractivity contribution is -0.139. The maximum atomic E-state index is 12.4. The van der Waals surface area contributed by atoms with Gasteiger partial charge in [0.1, 0.15) is 6.61 Å². The lowest BCUT2D eigenvalue weighted by atomic mass is 9.97. The minimum Gasteiger partial charge on any atom is -0.481 e. The fourth-order valence-corrected chi connectivity index (χ4v) is 3.93. The molecule has 1 aliphatic carbocycles. The summed E-state index contributed by atoms with van der Waals surface area (Å²) < 4.78 is 5.50. The zero-order valence-electron chi connectivity index (χ0n) is 16.7. The fraction of sp³-hybridized carbons (Fsp3) is 0.391. The van der Waals surface area contributed by atoms with E-state index in [1.165, 1.54) is 0 Å². The van der Waals surface area contributed by atoms with Gasteiger partial charge >= 0.3 is 12.1 Å². The predicted octanol–water partition coefficient (Wildman–Crippen LogP) is 3.78. The molecule has 0 heterocycles. The first-order chi connectivity index (χ1) is 13.9. The molecular formula is C23H27NO5. The van der Waals surface area contributed by atoms with Crippen LogP contribution in [0.4, 0.5) is 4.79 Å². The van der Waals surface area contributed by atoms with Crippen molar-refractivity contribution >= 4 is 12.1 Å². The van der Waals surface area contributed by atoms with Gasteiger partial charge in [-0.2, -0.15) is 0 Å². The van der Waals surface area contributed by atoms with Crippen LogP contribution in [0.5, 0.6) is 0 Å². The van der Waals surface area contributed by atoms with Crippen molar-refractivity contribution in [3.8, 4) is 11.1 Å². The van der Waals surface area contributed by atoms with Gasteiger partial charge in [0, 0.05) is 5.92 Å². The van der Waals surface area contributed by atoms with Gasteiger partial charge in [-0.05, 0) is 34.6 Å². The van der Waals surface area contributed by atoms with Crippen LogP contribution in [-0.2, 0) is 9.53 Å². The summed E-state index contributed by atoms with van der Waals surface area (Å²) in [4.78, 5) is 23.3. The Morgan fingerprint density at radius 3 is 2.10 bits per heavy atom. The summed E-state index contributed by atoms with van der Waals surface area (Å²) in [7, 11) is 0.